The van der Waals surface area contributed by atoms with Gasteiger partial charge < -0.3 is 10.1 Å². The number of nitrogens with one attached hydrogen (secondary N) is 1. The van der Waals surface area contributed by atoms with Crippen molar-refractivity contribution in [3.8, 4) is 5.75 Å². The van der Waals surface area contributed by atoms with Gasteiger partial charge >= 0.3 is 0 Å². The largest absolute Gasteiger partial charge is 0.497 e. The average molecular weight is 389 g/mol. The van der Waals surface area contributed by atoms with E-state index in [1.165, 1.54) is 5.56 Å². The molecule has 24 heavy (non-hydrogen) atoms. The second kappa shape index (κ2) is 7.81. The third-order valence-electron chi connectivity index (χ3n) is 4.36. The zero-order valence-corrected chi connectivity index (χ0v) is 15.3. The number of methoxy groups -OCH3 is 1. The molecule has 1 amide bonds. The molecular formula is C19H21BrN2O2. The lowest BCUT2D eigenvalue weighted by molar-refractivity contribution is -0.117. The van der Waals surface area contributed by atoms with Crippen molar-refractivity contribution in [2.45, 2.75) is 18.9 Å². The maximum absolute atomic E-state index is 12.4. The molecule has 0 aromatic heterocycles. The van der Waals surface area contributed by atoms with Gasteiger partial charge in [0.2, 0.25) is 5.91 Å². The first-order chi connectivity index (χ1) is 11.7. The Kier molecular flexibility index (Phi) is 5.53. The van der Waals surface area contributed by atoms with Gasteiger partial charge in [-0.15, -0.1) is 0 Å². The highest BCUT2D eigenvalue weighted by atomic mass is 79.9. The van der Waals surface area contributed by atoms with Gasteiger partial charge in [-0.05, 0) is 65.1 Å². The van der Waals surface area contributed by atoms with E-state index in [-0.39, 0.29) is 5.91 Å². The highest BCUT2D eigenvalue weighted by Crippen LogP contribution is 2.32. The molecule has 0 aliphatic carbocycles. The van der Waals surface area contributed by atoms with Gasteiger partial charge in [0.15, 0.2) is 0 Å². The SMILES string of the molecule is COc1ccc(C2CCCN2CC(=O)Nc2ccccc2Br)cc1. The fraction of sp³-hybridized carbons (Fsp3) is 0.316. The van der Waals surface area contributed by atoms with Crippen LogP contribution in [0.2, 0.25) is 0 Å². The van der Waals surface area contributed by atoms with Crippen molar-refractivity contribution >= 4 is 27.5 Å². The van der Waals surface area contributed by atoms with Crippen LogP contribution < -0.4 is 10.1 Å². The van der Waals surface area contributed by atoms with E-state index in [1.807, 2.05) is 36.4 Å². The van der Waals surface area contributed by atoms with Gasteiger partial charge in [0, 0.05) is 10.5 Å². The molecule has 1 saturated heterocycles. The van der Waals surface area contributed by atoms with E-state index in [0.29, 0.717) is 12.6 Å². The number of hydrogen-bond acceptors (Lipinski definition) is 3. The number of halogens is 1. The minimum Gasteiger partial charge on any atom is -0.497 e. The molecule has 1 aliphatic rings. The number of benzene rings is 2. The van der Waals surface area contributed by atoms with Crippen LogP contribution in [0.5, 0.6) is 5.75 Å². The number of carbonyl (C=O) groups is 1. The van der Waals surface area contributed by atoms with Gasteiger partial charge in [0.1, 0.15) is 5.75 Å². The summed E-state index contributed by atoms with van der Waals surface area (Å²) in [5.41, 5.74) is 2.05. The number of amides is 1. The Morgan fingerprint density at radius 3 is 2.71 bits per heavy atom. The van der Waals surface area contributed by atoms with Crippen molar-refractivity contribution in [1.29, 1.82) is 0 Å². The second-order valence-corrected chi connectivity index (χ2v) is 6.78. The van der Waals surface area contributed by atoms with E-state index in [4.69, 9.17) is 4.74 Å². The average Bonchev–Trinajstić information content (AvgIpc) is 3.05. The lowest BCUT2D eigenvalue weighted by Crippen LogP contribution is -2.33. The molecule has 1 fully saturated rings. The summed E-state index contributed by atoms with van der Waals surface area (Å²) in [6, 6.07) is 16.1. The van der Waals surface area contributed by atoms with E-state index in [1.54, 1.807) is 7.11 Å². The standard InChI is InChI=1S/C19H21BrN2O2/c1-24-15-10-8-14(9-11-15)18-7-4-12-22(18)13-19(23)21-17-6-3-2-5-16(17)20/h2-3,5-6,8-11,18H,4,7,12-13H2,1H3,(H,21,23). The normalized spacial score (nSPS) is 17.7. The number of hydrogen-bond donors (Lipinski definition) is 1. The van der Waals surface area contributed by atoms with E-state index < -0.39 is 0 Å². The third-order valence-corrected chi connectivity index (χ3v) is 5.05. The minimum absolute atomic E-state index is 0.0160. The fourth-order valence-electron chi connectivity index (χ4n) is 3.16. The number of para-hydroxylation sites is 1. The van der Waals surface area contributed by atoms with Gasteiger partial charge in [-0.25, -0.2) is 0 Å². The van der Waals surface area contributed by atoms with Crippen molar-refractivity contribution in [1.82, 2.24) is 4.90 Å². The molecule has 2 aromatic carbocycles. The van der Waals surface area contributed by atoms with Gasteiger partial charge in [0.25, 0.3) is 0 Å². The number of ether oxygens (including phenoxy) is 1. The highest BCUT2D eigenvalue weighted by Gasteiger charge is 2.27. The summed E-state index contributed by atoms with van der Waals surface area (Å²) in [6.45, 7) is 1.35. The lowest BCUT2D eigenvalue weighted by Gasteiger charge is -2.24. The van der Waals surface area contributed by atoms with Gasteiger partial charge in [-0.3, -0.25) is 9.69 Å². The predicted molar refractivity (Wildman–Crippen MR) is 99.3 cm³/mol. The van der Waals surface area contributed by atoms with Crippen molar-refractivity contribution in [2.24, 2.45) is 0 Å². The first-order valence-corrected chi connectivity index (χ1v) is 8.89. The molecule has 1 aliphatic heterocycles. The van der Waals surface area contributed by atoms with E-state index >= 15 is 0 Å². The molecular weight excluding hydrogens is 368 g/mol. The lowest BCUT2D eigenvalue weighted by atomic mass is 10.0. The van der Waals surface area contributed by atoms with E-state index in [2.05, 4.69) is 38.3 Å². The van der Waals surface area contributed by atoms with Crippen LogP contribution in [-0.4, -0.2) is 31.0 Å². The van der Waals surface area contributed by atoms with Gasteiger partial charge in [-0.1, -0.05) is 24.3 Å². The Balaban J connectivity index is 1.65. The molecule has 1 N–H and O–H groups in total. The van der Waals surface area contributed by atoms with Gasteiger partial charge in [0.05, 0.1) is 19.3 Å². The molecule has 0 radical (unpaired) electrons. The number of carbonyl (C=O) groups excluding carboxylic acids is 1. The Morgan fingerprint density at radius 1 is 1.25 bits per heavy atom. The quantitative estimate of drug-likeness (QED) is 0.832. The molecule has 1 atom stereocenters. The van der Waals surface area contributed by atoms with Crippen LogP contribution in [-0.2, 0) is 4.79 Å². The Hall–Kier alpha value is -1.85. The number of anilines is 1. The third kappa shape index (κ3) is 3.97. The van der Waals surface area contributed by atoms with Crippen molar-refractivity contribution in [2.75, 3.05) is 25.5 Å². The smallest absolute Gasteiger partial charge is 0.238 e. The maximum Gasteiger partial charge on any atom is 0.238 e. The van der Waals surface area contributed by atoms with Crippen molar-refractivity contribution in [3.05, 3.63) is 58.6 Å². The molecule has 4 nitrogen and oxygen atoms in total. The van der Waals surface area contributed by atoms with E-state index in [0.717, 1.165) is 35.3 Å². The van der Waals surface area contributed by atoms with Crippen LogP contribution in [0.3, 0.4) is 0 Å². The molecule has 0 saturated carbocycles. The Bertz CT molecular complexity index is 703. The summed E-state index contributed by atoms with van der Waals surface area (Å²) >= 11 is 3.46. The molecule has 1 unspecified atom stereocenters. The van der Waals surface area contributed by atoms with Crippen LogP contribution in [0.15, 0.2) is 53.0 Å². The first-order valence-electron chi connectivity index (χ1n) is 8.10. The summed E-state index contributed by atoms with van der Waals surface area (Å²) in [5.74, 6) is 0.872. The minimum atomic E-state index is 0.0160. The molecule has 126 valence electrons. The topological polar surface area (TPSA) is 41.6 Å². The van der Waals surface area contributed by atoms with Crippen LogP contribution in [0, 0.1) is 0 Å². The zero-order valence-electron chi connectivity index (χ0n) is 13.7. The van der Waals surface area contributed by atoms with Crippen LogP contribution in [0.4, 0.5) is 5.69 Å². The summed E-state index contributed by atoms with van der Waals surface area (Å²) in [7, 11) is 1.67. The summed E-state index contributed by atoms with van der Waals surface area (Å²) in [5, 5.41) is 2.98. The molecule has 0 bridgehead atoms. The molecule has 5 heteroatoms. The van der Waals surface area contributed by atoms with Gasteiger partial charge in [-0.2, -0.15) is 0 Å². The molecule has 2 aromatic rings. The second-order valence-electron chi connectivity index (χ2n) is 5.93. The highest BCUT2D eigenvalue weighted by molar-refractivity contribution is 9.10. The summed E-state index contributed by atoms with van der Waals surface area (Å²) in [4.78, 5) is 14.6. The first kappa shape index (κ1) is 17.0. The Labute approximate surface area is 150 Å². The van der Waals surface area contributed by atoms with Crippen LogP contribution in [0.1, 0.15) is 24.4 Å². The fourth-order valence-corrected chi connectivity index (χ4v) is 3.54. The van der Waals surface area contributed by atoms with Crippen LogP contribution >= 0.6 is 15.9 Å². The molecule has 3 rings (SSSR count). The summed E-state index contributed by atoms with van der Waals surface area (Å²) < 4.78 is 6.11. The molecule has 0 spiro atoms. The van der Waals surface area contributed by atoms with E-state index in [9.17, 15) is 4.79 Å². The molecule has 1 heterocycles. The van der Waals surface area contributed by atoms with Crippen molar-refractivity contribution < 1.29 is 9.53 Å². The van der Waals surface area contributed by atoms with Crippen molar-refractivity contribution in [3.63, 3.8) is 0 Å². The zero-order chi connectivity index (χ0) is 16.9. The van der Waals surface area contributed by atoms with Crippen LogP contribution in [0.25, 0.3) is 0 Å². The number of likely N-dealkylation sites (tertiary alicyclic amines) is 1. The summed E-state index contributed by atoms with van der Waals surface area (Å²) in [6.07, 6.45) is 2.19. The number of nitrogens with zero attached hydrogens (tertiary/aromatic N) is 1. The Morgan fingerprint density at radius 2 is 2.00 bits per heavy atom. The number of rotatable bonds is 5. The predicted octanol–water partition coefficient (Wildman–Crippen LogP) is 4.23. The maximum atomic E-state index is 12.4. The monoisotopic (exact) mass is 388 g/mol.